The number of ether oxygens (including phenoxy) is 1. The Morgan fingerprint density at radius 3 is 2.54 bits per heavy atom. The molecule has 2 aliphatic heterocycles. The molecule has 1 fully saturated rings. The SMILES string of the molecule is O=C(CC1CCOc2ccccc21)N1CCN(C(=O)c2cccc(F)c2)CC1. The minimum absolute atomic E-state index is 0.111. The van der Waals surface area contributed by atoms with Gasteiger partial charge in [-0.25, -0.2) is 4.39 Å². The summed E-state index contributed by atoms with van der Waals surface area (Å²) in [6.07, 6.45) is 1.29. The van der Waals surface area contributed by atoms with Gasteiger partial charge in [0, 0.05) is 38.2 Å². The summed E-state index contributed by atoms with van der Waals surface area (Å²) in [4.78, 5) is 28.8. The van der Waals surface area contributed by atoms with Gasteiger partial charge in [0.25, 0.3) is 5.91 Å². The fraction of sp³-hybridized carbons (Fsp3) is 0.364. The van der Waals surface area contributed by atoms with Gasteiger partial charge in [-0.05, 0) is 42.2 Å². The summed E-state index contributed by atoms with van der Waals surface area (Å²) in [5.74, 6) is 0.544. The number of piperazine rings is 1. The highest BCUT2D eigenvalue weighted by Gasteiger charge is 2.29. The number of carbonyl (C=O) groups is 2. The fourth-order valence-corrected chi connectivity index (χ4v) is 3.93. The minimum atomic E-state index is -0.420. The van der Waals surface area contributed by atoms with Crippen molar-refractivity contribution in [3.05, 3.63) is 65.5 Å². The molecule has 2 heterocycles. The summed E-state index contributed by atoms with van der Waals surface area (Å²) in [7, 11) is 0. The molecule has 146 valence electrons. The monoisotopic (exact) mass is 382 g/mol. The van der Waals surface area contributed by atoms with Crippen LogP contribution in [0, 0.1) is 5.82 Å². The molecule has 2 amide bonds. The third kappa shape index (κ3) is 3.86. The van der Waals surface area contributed by atoms with Gasteiger partial charge in [-0.1, -0.05) is 24.3 Å². The normalized spacial score (nSPS) is 19.0. The predicted molar refractivity (Wildman–Crippen MR) is 103 cm³/mol. The van der Waals surface area contributed by atoms with Crippen molar-refractivity contribution in [2.75, 3.05) is 32.8 Å². The highest BCUT2D eigenvalue weighted by atomic mass is 19.1. The van der Waals surface area contributed by atoms with E-state index in [0.29, 0.717) is 44.8 Å². The number of benzene rings is 2. The molecule has 2 aromatic carbocycles. The maximum absolute atomic E-state index is 13.4. The average Bonchev–Trinajstić information content (AvgIpc) is 2.73. The van der Waals surface area contributed by atoms with Crippen LogP contribution < -0.4 is 4.74 Å². The zero-order valence-corrected chi connectivity index (χ0v) is 15.6. The first kappa shape index (κ1) is 18.5. The molecule has 2 aliphatic rings. The number of nitrogens with zero attached hydrogens (tertiary/aromatic N) is 2. The number of para-hydroxylation sites is 1. The Balaban J connectivity index is 1.34. The van der Waals surface area contributed by atoms with Gasteiger partial charge in [0.1, 0.15) is 11.6 Å². The molecule has 1 saturated heterocycles. The number of hydrogen-bond donors (Lipinski definition) is 0. The lowest BCUT2D eigenvalue weighted by Gasteiger charge is -2.36. The maximum atomic E-state index is 13.4. The molecule has 0 N–H and O–H groups in total. The predicted octanol–water partition coefficient (Wildman–Crippen LogP) is 3.07. The van der Waals surface area contributed by atoms with Gasteiger partial charge in [-0.2, -0.15) is 0 Å². The minimum Gasteiger partial charge on any atom is -0.493 e. The molecule has 2 aromatic rings. The molecule has 0 radical (unpaired) electrons. The molecular formula is C22H23FN2O3. The van der Waals surface area contributed by atoms with Crippen LogP contribution in [-0.4, -0.2) is 54.4 Å². The van der Waals surface area contributed by atoms with E-state index in [1.165, 1.54) is 18.2 Å². The molecule has 1 unspecified atom stereocenters. The van der Waals surface area contributed by atoms with Gasteiger partial charge in [0.2, 0.25) is 5.91 Å². The highest BCUT2D eigenvalue weighted by molar-refractivity contribution is 5.94. The zero-order valence-electron chi connectivity index (χ0n) is 15.6. The van der Waals surface area contributed by atoms with Crippen LogP contribution in [0.2, 0.25) is 0 Å². The van der Waals surface area contributed by atoms with Crippen LogP contribution in [0.4, 0.5) is 4.39 Å². The molecule has 28 heavy (non-hydrogen) atoms. The second-order valence-electron chi connectivity index (χ2n) is 7.26. The van der Waals surface area contributed by atoms with Gasteiger partial charge in [0.15, 0.2) is 0 Å². The third-order valence-corrected chi connectivity index (χ3v) is 5.49. The first-order valence-electron chi connectivity index (χ1n) is 9.66. The van der Waals surface area contributed by atoms with Crippen molar-refractivity contribution in [3.8, 4) is 5.75 Å². The highest BCUT2D eigenvalue weighted by Crippen LogP contribution is 2.35. The van der Waals surface area contributed by atoms with E-state index >= 15 is 0 Å². The molecule has 4 rings (SSSR count). The zero-order chi connectivity index (χ0) is 19.5. The Morgan fingerprint density at radius 1 is 1.00 bits per heavy atom. The quantitative estimate of drug-likeness (QED) is 0.820. The summed E-state index contributed by atoms with van der Waals surface area (Å²) in [5, 5.41) is 0. The van der Waals surface area contributed by atoms with Crippen LogP contribution in [0.15, 0.2) is 48.5 Å². The van der Waals surface area contributed by atoms with Crippen LogP contribution in [0.3, 0.4) is 0 Å². The van der Waals surface area contributed by atoms with Crippen molar-refractivity contribution < 1.29 is 18.7 Å². The van der Waals surface area contributed by atoms with Gasteiger partial charge >= 0.3 is 0 Å². The van der Waals surface area contributed by atoms with Crippen molar-refractivity contribution in [1.29, 1.82) is 0 Å². The van der Waals surface area contributed by atoms with E-state index in [4.69, 9.17) is 4.74 Å². The van der Waals surface area contributed by atoms with E-state index in [-0.39, 0.29) is 17.7 Å². The summed E-state index contributed by atoms with van der Waals surface area (Å²) >= 11 is 0. The summed E-state index contributed by atoms with van der Waals surface area (Å²) in [6.45, 7) is 2.57. The van der Waals surface area contributed by atoms with Gasteiger partial charge in [-0.3, -0.25) is 9.59 Å². The molecular weight excluding hydrogens is 359 g/mol. The largest absolute Gasteiger partial charge is 0.493 e. The Bertz CT molecular complexity index is 878. The van der Waals surface area contributed by atoms with Crippen LogP contribution in [0.5, 0.6) is 5.75 Å². The molecule has 0 aliphatic carbocycles. The number of halogens is 1. The van der Waals surface area contributed by atoms with Crippen LogP contribution in [-0.2, 0) is 4.79 Å². The van der Waals surface area contributed by atoms with E-state index < -0.39 is 5.82 Å². The van der Waals surface area contributed by atoms with Crippen molar-refractivity contribution in [3.63, 3.8) is 0 Å². The Morgan fingerprint density at radius 2 is 1.75 bits per heavy atom. The van der Waals surface area contributed by atoms with Crippen molar-refractivity contribution in [2.45, 2.75) is 18.8 Å². The van der Waals surface area contributed by atoms with Gasteiger partial charge in [0.05, 0.1) is 6.61 Å². The first-order valence-corrected chi connectivity index (χ1v) is 9.66. The van der Waals surface area contributed by atoms with Gasteiger partial charge < -0.3 is 14.5 Å². The smallest absolute Gasteiger partial charge is 0.254 e. The van der Waals surface area contributed by atoms with E-state index in [0.717, 1.165) is 17.7 Å². The molecule has 0 aromatic heterocycles. The number of fused-ring (bicyclic) bond motifs is 1. The summed E-state index contributed by atoms with van der Waals surface area (Å²) < 4.78 is 19.0. The lowest BCUT2D eigenvalue weighted by atomic mass is 9.90. The van der Waals surface area contributed by atoms with E-state index in [2.05, 4.69) is 0 Å². The number of hydrogen-bond acceptors (Lipinski definition) is 3. The number of carbonyl (C=O) groups excluding carboxylic acids is 2. The second kappa shape index (κ2) is 8.00. The molecule has 6 heteroatoms. The Hall–Kier alpha value is -2.89. The van der Waals surface area contributed by atoms with Gasteiger partial charge in [-0.15, -0.1) is 0 Å². The molecule has 5 nitrogen and oxygen atoms in total. The van der Waals surface area contributed by atoms with E-state index in [1.54, 1.807) is 11.0 Å². The molecule has 0 saturated carbocycles. The third-order valence-electron chi connectivity index (χ3n) is 5.49. The Kier molecular flexibility index (Phi) is 5.28. The van der Waals surface area contributed by atoms with E-state index in [9.17, 15) is 14.0 Å². The molecule has 0 bridgehead atoms. The lowest BCUT2D eigenvalue weighted by Crippen LogP contribution is -2.50. The molecule has 1 atom stereocenters. The topological polar surface area (TPSA) is 49.9 Å². The fourth-order valence-electron chi connectivity index (χ4n) is 3.93. The number of rotatable bonds is 3. The van der Waals surface area contributed by atoms with Crippen LogP contribution in [0.25, 0.3) is 0 Å². The van der Waals surface area contributed by atoms with Crippen LogP contribution in [0.1, 0.15) is 34.7 Å². The second-order valence-corrected chi connectivity index (χ2v) is 7.26. The lowest BCUT2D eigenvalue weighted by molar-refractivity contribution is -0.133. The van der Waals surface area contributed by atoms with Crippen molar-refractivity contribution >= 4 is 11.8 Å². The van der Waals surface area contributed by atoms with Crippen LogP contribution >= 0.6 is 0 Å². The van der Waals surface area contributed by atoms with Crippen molar-refractivity contribution in [2.24, 2.45) is 0 Å². The first-order chi connectivity index (χ1) is 13.6. The molecule has 0 spiro atoms. The summed E-state index contributed by atoms with van der Waals surface area (Å²) in [5.41, 5.74) is 1.45. The summed E-state index contributed by atoms with van der Waals surface area (Å²) in [6, 6.07) is 13.6. The van der Waals surface area contributed by atoms with Crippen molar-refractivity contribution in [1.82, 2.24) is 9.80 Å². The van der Waals surface area contributed by atoms with E-state index in [1.807, 2.05) is 29.2 Å². The number of amides is 2. The average molecular weight is 382 g/mol. The standard InChI is InChI=1S/C22H23FN2O3/c23-18-5-3-4-17(14-18)22(27)25-11-9-24(10-12-25)21(26)15-16-8-13-28-20-7-2-1-6-19(16)20/h1-7,14,16H,8-13,15H2. The Labute approximate surface area is 163 Å². The maximum Gasteiger partial charge on any atom is 0.254 e.